The highest BCUT2D eigenvalue weighted by atomic mass is 32.2. The van der Waals surface area contributed by atoms with Gasteiger partial charge in [-0.2, -0.15) is 13.2 Å². The lowest BCUT2D eigenvalue weighted by Gasteiger charge is -2.42. The number of carboxylic acid groups (broad SMARTS) is 1. The number of nitrogens with zero attached hydrogens (tertiary/aromatic N) is 2. The summed E-state index contributed by atoms with van der Waals surface area (Å²) in [6, 6.07) is 7.01. The number of aliphatic carboxylic acids is 1. The molecule has 0 saturated carbocycles. The van der Waals surface area contributed by atoms with Gasteiger partial charge in [-0.25, -0.2) is 17.2 Å². The fourth-order valence-electron chi connectivity index (χ4n) is 4.49. The van der Waals surface area contributed by atoms with Crippen molar-refractivity contribution in [3.63, 3.8) is 0 Å². The molecule has 2 aliphatic heterocycles. The molecular formula is C25H19F5N2O6S. The van der Waals surface area contributed by atoms with Gasteiger partial charge in [0.15, 0.2) is 0 Å². The van der Waals surface area contributed by atoms with E-state index >= 15 is 0 Å². The van der Waals surface area contributed by atoms with Crippen molar-refractivity contribution in [2.45, 2.75) is 23.6 Å². The smallest absolute Gasteiger partial charge is 0.417 e. The molecule has 2 aromatic carbocycles. The summed E-state index contributed by atoms with van der Waals surface area (Å²) in [7, 11) is -4.73. The number of rotatable bonds is 6. The van der Waals surface area contributed by atoms with Crippen LogP contribution in [0.4, 0.5) is 27.6 Å². The molecule has 0 unspecified atom stereocenters. The van der Waals surface area contributed by atoms with Gasteiger partial charge < -0.3 is 14.6 Å². The fraction of sp³-hybridized carbons (Fsp3) is 0.280. The average molecular weight is 570 g/mol. The Balaban J connectivity index is 1.61. The molecule has 1 saturated heterocycles. The van der Waals surface area contributed by atoms with Crippen LogP contribution in [0.5, 0.6) is 5.75 Å². The van der Waals surface area contributed by atoms with Crippen molar-refractivity contribution in [2.24, 2.45) is 5.41 Å². The fourth-order valence-corrected chi connectivity index (χ4v) is 5.98. The van der Waals surface area contributed by atoms with Crippen LogP contribution in [0.2, 0.25) is 0 Å². The van der Waals surface area contributed by atoms with Crippen LogP contribution in [0.3, 0.4) is 0 Å². The van der Waals surface area contributed by atoms with Crippen LogP contribution in [-0.2, 0) is 25.7 Å². The predicted molar refractivity (Wildman–Crippen MR) is 125 cm³/mol. The van der Waals surface area contributed by atoms with E-state index in [4.69, 9.17) is 9.47 Å². The minimum absolute atomic E-state index is 0.0453. The Morgan fingerprint density at radius 1 is 1.10 bits per heavy atom. The molecule has 1 atom stereocenters. The largest absolute Gasteiger partial charge is 0.486 e. The summed E-state index contributed by atoms with van der Waals surface area (Å²) in [4.78, 5) is 14.5. The van der Waals surface area contributed by atoms with Gasteiger partial charge in [-0.05, 0) is 42.0 Å². The van der Waals surface area contributed by atoms with Gasteiger partial charge in [-0.3, -0.25) is 14.1 Å². The number of halogens is 5. The number of benzene rings is 2. The van der Waals surface area contributed by atoms with Crippen LogP contribution in [0.1, 0.15) is 12.0 Å². The number of sulfonamides is 1. The second-order valence-electron chi connectivity index (χ2n) is 9.27. The molecule has 2 aliphatic rings. The molecule has 1 N–H and O–H groups in total. The van der Waals surface area contributed by atoms with Crippen molar-refractivity contribution in [1.82, 2.24) is 4.98 Å². The van der Waals surface area contributed by atoms with Gasteiger partial charge >= 0.3 is 12.1 Å². The number of hydrogen-bond donors (Lipinski definition) is 1. The van der Waals surface area contributed by atoms with Gasteiger partial charge in [0.25, 0.3) is 10.0 Å². The van der Waals surface area contributed by atoms with Crippen LogP contribution in [0.15, 0.2) is 59.8 Å². The van der Waals surface area contributed by atoms with E-state index in [1.54, 1.807) is 0 Å². The molecule has 0 radical (unpaired) electrons. The highest BCUT2D eigenvalue weighted by Crippen LogP contribution is 2.43. The van der Waals surface area contributed by atoms with Crippen molar-refractivity contribution < 1.29 is 49.7 Å². The molecule has 8 nitrogen and oxygen atoms in total. The Bertz CT molecular complexity index is 1560. The number of hydrogen-bond acceptors (Lipinski definition) is 6. The van der Waals surface area contributed by atoms with Gasteiger partial charge in [0.2, 0.25) is 0 Å². The molecular weight excluding hydrogens is 551 g/mol. The molecule has 206 valence electrons. The topological polar surface area (TPSA) is 106 Å². The van der Waals surface area contributed by atoms with Gasteiger partial charge in [-0.1, -0.05) is 6.07 Å². The van der Waals surface area contributed by atoms with Crippen molar-refractivity contribution >= 4 is 21.7 Å². The molecule has 1 aromatic heterocycles. The molecule has 0 bridgehead atoms. The zero-order valence-electron chi connectivity index (χ0n) is 19.8. The molecule has 3 heterocycles. The van der Waals surface area contributed by atoms with E-state index in [1.165, 1.54) is 18.2 Å². The van der Waals surface area contributed by atoms with Gasteiger partial charge in [0.1, 0.15) is 33.8 Å². The number of aromatic nitrogens is 1. The maximum atomic E-state index is 14.5. The van der Waals surface area contributed by atoms with Gasteiger partial charge in [0, 0.05) is 24.4 Å². The Labute approximate surface area is 218 Å². The summed E-state index contributed by atoms with van der Waals surface area (Å²) in [5.74, 6) is -2.76. The number of anilines is 1. The number of carbonyl (C=O) groups is 1. The molecule has 3 aromatic rings. The Hall–Kier alpha value is -3.78. The molecule has 0 spiro atoms. The molecule has 14 heteroatoms. The predicted octanol–water partition coefficient (Wildman–Crippen LogP) is 4.49. The number of alkyl halides is 3. The van der Waals surface area contributed by atoms with Crippen LogP contribution < -0.4 is 9.04 Å². The van der Waals surface area contributed by atoms with Crippen LogP contribution >= 0.6 is 0 Å². The second-order valence-corrected chi connectivity index (χ2v) is 11.1. The minimum atomic E-state index is -4.87. The molecule has 0 amide bonds. The lowest BCUT2D eigenvalue weighted by atomic mass is 9.80. The third kappa shape index (κ3) is 4.89. The van der Waals surface area contributed by atoms with Crippen LogP contribution in [0, 0.1) is 17.0 Å². The monoisotopic (exact) mass is 570 g/mol. The van der Waals surface area contributed by atoms with E-state index in [2.05, 4.69) is 4.98 Å². The number of ether oxygens (including phenoxy) is 2. The maximum absolute atomic E-state index is 14.5. The average Bonchev–Trinajstić information content (AvgIpc) is 2.86. The van der Waals surface area contributed by atoms with E-state index in [9.17, 15) is 40.3 Å². The highest BCUT2D eigenvalue weighted by molar-refractivity contribution is 7.92. The normalized spacial score (nSPS) is 18.6. The first-order chi connectivity index (χ1) is 18.3. The van der Waals surface area contributed by atoms with Crippen molar-refractivity contribution in [3.05, 3.63) is 72.1 Å². The number of pyridine rings is 1. The number of carboxylic acids is 1. The SMILES string of the molecule is O=C(O)C1(C[C@H]2CN(S(=O)(=O)c3cncc(C(F)(F)F)c3)c3cc(-c4cc(F)ccc4F)ccc3O2)COC1. The standard InChI is InChI=1S/C25H19F5N2O6S/c26-16-2-3-20(27)19(7-16)14-1-4-22-21(5-14)32(11-17(38-22)8-24(23(33)34)12-37-13-24)39(35,36)18-6-15(9-31-10-18)25(28,29)30/h1-7,9-10,17H,8,11-13H2,(H,33,34)/t17-/m0/s1. The Morgan fingerprint density at radius 3 is 2.49 bits per heavy atom. The first-order valence-electron chi connectivity index (χ1n) is 11.4. The van der Waals surface area contributed by atoms with Gasteiger partial charge in [-0.15, -0.1) is 0 Å². The summed E-state index contributed by atoms with van der Waals surface area (Å²) in [5.41, 5.74) is -2.89. The third-order valence-corrected chi connectivity index (χ3v) is 8.33. The lowest BCUT2D eigenvalue weighted by molar-refractivity contribution is -0.184. The first kappa shape index (κ1) is 26.8. The molecule has 5 rings (SSSR count). The lowest BCUT2D eigenvalue weighted by Crippen LogP contribution is -2.54. The zero-order chi connectivity index (χ0) is 28.2. The molecule has 0 aliphatic carbocycles. The van der Waals surface area contributed by atoms with Crippen LogP contribution in [0.25, 0.3) is 11.1 Å². The highest BCUT2D eigenvalue weighted by Gasteiger charge is 2.50. The second kappa shape index (κ2) is 9.45. The third-order valence-electron chi connectivity index (χ3n) is 6.59. The molecule has 1 fully saturated rings. The molecule has 39 heavy (non-hydrogen) atoms. The minimum Gasteiger partial charge on any atom is -0.486 e. The first-order valence-corrected chi connectivity index (χ1v) is 12.9. The van der Waals surface area contributed by atoms with Crippen LogP contribution in [-0.4, -0.2) is 50.3 Å². The van der Waals surface area contributed by atoms with Crippen molar-refractivity contribution in [2.75, 3.05) is 24.1 Å². The van der Waals surface area contributed by atoms with E-state index in [1.807, 2.05) is 0 Å². The van der Waals surface area contributed by atoms with Crippen molar-refractivity contribution in [1.29, 1.82) is 0 Å². The summed E-state index contributed by atoms with van der Waals surface area (Å²) in [6.45, 7) is -0.732. The van der Waals surface area contributed by atoms with E-state index in [0.717, 1.165) is 28.7 Å². The van der Waals surface area contributed by atoms with E-state index in [-0.39, 0.29) is 42.2 Å². The van der Waals surface area contributed by atoms with Gasteiger partial charge in [0.05, 0.1) is 31.0 Å². The summed E-state index contributed by atoms with van der Waals surface area (Å²) < 4.78 is 107. The summed E-state index contributed by atoms with van der Waals surface area (Å²) in [5, 5.41) is 9.68. The van der Waals surface area contributed by atoms with E-state index in [0.29, 0.717) is 12.3 Å². The van der Waals surface area contributed by atoms with E-state index < -0.39 is 62.3 Å². The zero-order valence-corrected chi connectivity index (χ0v) is 20.6. The summed E-state index contributed by atoms with van der Waals surface area (Å²) >= 11 is 0. The Morgan fingerprint density at radius 2 is 1.85 bits per heavy atom. The Kier molecular flexibility index (Phi) is 6.50. The maximum Gasteiger partial charge on any atom is 0.417 e. The van der Waals surface area contributed by atoms with Crippen molar-refractivity contribution in [3.8, 4) is 16.9 Å². The number of fused-ring (bicyclic) bond motifs is 1. The quantitative estimate of drug-likeness (QED) is 0.436. The summed E-state index contributed by atoms with van der Waals surface area (Å²) in [6.07, 6.45) is -4.82.